The molecule has 4 heteroatoms. The molecule has 13 heavy (non-hydrogen) atoms. The molecule has 68 valence electrons. The maximum atomic E-state index is 4.25. The average molecular weight is 287 g/mol. The summed E-state index contributed by atoms with van der Waals surface area (Å²) in [5, 5.41) is 0. The van der Waals surface area contributed by atoms with Gasteiger partial charge in [-0.15, -0.1) is 0 Å². The van der Waals surface area contributed by atoms with Crippen molar-refractivity contribution in [3.63, 3.8) is 0 Å². The van der Waals surface area contributed by atoms with Gasteiger partial charge in [0.2, 0.25) is 0 Å². The Balaban J connectivity index is 2.64. The van der Waals surface area contributed by atoms with E-state index < -0.39 is 0 Å². The molecule has 2 heterocycles. The Labute approximate surface area is 90.3 Å². The second kappa shape index (κ2) is 3.61. The summed E-state index contributed by atoms with van der Waals surface area (Å²) in [5.74, 6) is 0. The molecule has 2 rings (SSSR count). The fourth-order valence-electron chi connectivity index (χ4n) is 1.37. The van der Waals surface area contributed by atoms with Crippen molar-refractivity contribution in [3.8, 4) is 0 Å². The van der Waals surface area contributed by atoms with Crippen molar-refractivity contribution in [2.75, 3.05) is 0 Å². The molecule has 3 nitrogen and oxygen atoms in total. The second-order valence-corrected chi connectivity index (χ2v) is 4.07. The van der Waals surface area contributed by atoms with E-state index in [0.29, 0.717) is 0 Å². The molecule has 0 radical (unpaired) electrons. The third-order valence-electron chi connectivity index (χ3n) is 1.93. The van der Waals surface area contributed by atoms with Gasteiger partial charge in [-0.2, -0.15) is 0 Å². The van der Waals surface area contributed by atoms with Gasteiger partial charge >= 0.3 is 0 Å². The van der Waals surface area contributed by atoms with E-state index in [-0.39, 0.29) is 0 Å². The Morgan fingerprint density at radius 1 is 1.46 bits per heavy atom. The van der Waals surface area contributed by atoms with E-state index in [4.69, 9.17) is 0 Å². The summed E-state index contributed by atoms with van der Waals surface area (Å²) in [6.07, 6.45) is 4.78. The van der Waals surface area contributed by atoms with Crippen LogP contribution in [0, 0.1) is 3.57 Å². The SMILES string of the molecule is CCCn1cnc2nccc(I)c21. The third kappa shape index (κ3) is 1.54. The van der Waals surface area contributed by atoms with Crippen molar-refractivity contribution < 1.29 is 0 Å². The zero-order chi connectivity index (χ0) is 9.26. The number of hydrogen-bond acceptors (Lipinski definition) is 2. The highest BCUT2D eigenvalue weighted by Crippen LogP contribution is 2.17. The second-order valence-electron chi connectivity index (χ2n) is 2.90. The Hall–Kier alpha value is -0.650. The van der Waals surface area contributed by atoms with Crippen LogP contribution in [-0.4, -0.2) is 14.5 Å². The highest BCUT2D eigenvalue weighted by molar-refractivity contribution is 14.1. The average Bonchev–Trinajstić information content (AvgIpc) is 2.51. The van der Waals surface area contributed by atoms with E-state index in [1.54, 1.807) is 6.20 Å². The fourth-order valence-corrected chi connectivity index (χ4v) is 2.08. The molecule has 2 aromatic rings. The lowest BCUT2D eigenvalue weighted by atomic mass is 10.4. The van der Waals surface area contributed by atoms with Crippen LogP contribution in [0.25, 0.3) is 11.2 Å². The first-order valence-corrected chi connectivity index (χ1v) is 5.36. The van der Waals surface area contributed by atoms with Gasteiger partial charge in [-0.05, 0) is 35.1 Å². The van der Waals surface area contributed by atoms with Crippen molar-refractivity contribution in [2.45, 2.75) is 19.9 Å². The lowest BCUT2D eigenvalue weighted by Crippen LogP contribution is -1.95. The Bertz CT molecular complexity index is 422. The Morgan fingerprint density at radius 2 is 2.31 bits per heavy atom. The quantitative estimate of drug-likeness (QED) is 0.794. The number of halogens is 1. The van der Waals surface area contributed by atoms with Gasteiger partial charge in [-0.3, -0.25) is 0 Å². The van der Waals surface area contributed by atoms with Gasteiger partial charge in [0.25, 0.3) is 0 Å². The van der Waals surface area contributed by atoms with E-state index in [1.165, 1.54) is 3.57 Å². The summed E-state index contributed by atoms with van der Waals surface area (Å²) in [5.41, 5.74) is 2.00. The van der Waals surface area contributed by atoms with Crippen molar-refractivity contribution in [3.05, 3.63) is 22.2 Å². The van der Waals surface area contributed by atoms with Gasteiger partial charge in [0.15, 0.2) is 5.65 Å². The minimum absolute atomic E-state index is 0.848. The van der Waals surface area contributed by atoms with E-state index >= 15 is 0 Å². The Kier molecular flexibility index (Phi) is 2.48. The lowest BCUT2D eigenvalue weighted by Gasteiger charge is -2.01. The van der Waals surface area contributed by atoms with Crippen LogP contribution in [0.1, 0.15) is 13.3 Å². The summed E-state index contributed by atoms with van der Waals surface area (Å²) in [7, 11) is 0. The highest BCUT2D eigenvalue weighted by atomic mass is 127. The molecule has 0 aliphatic carbocycles. The van der Waals surface area contributed by atoms with Gasteiger partial charge in [-0.25, -0.2) is 9.97 Å². The van der Waals surface area contributed by atoms with Crippen molar-refractivity contribution in [1.82, 2.24) is 14.5 Å². The smallest absolute Gasteiger partial charge is 0.178 e. The minimum Gasteiger partial charge on any atom is -0.328 e. The van der Waals surface area contributed by atoms with Crippen LogP contribution in [0.15, 0.2) is 18.6 Å². The Morgan fingerprint density at radius 3 is 3.08 bits per heavy atom. The zero-order valence-electron chi connectivity index (χ0n) is 7.37. The first-order valence-electron chi connectivity index (χ1n) is 4.28. The first-order chi connectivity index (χ1) is 6.33. The van der Waals surface area contributed by atoms with Crippen molar-refractivity contribution in [2.24, 2.45) is 0 Å². The van der Waals surface area contributed by atoms with Gasteiger partial charge < -0.3 is 4.57 Å². The molecule has 0 aliphatic heterocycles. The molecule has 0 atom stereocenters. The number of hydrogen-bond donors (Lipinski definition) is 0. The van der Waals surface area contributed by atoms with Gasteiger partial charge in [0.1, 0.15) is 5.52 Å². The van der Waals surface area contributed by atoms with Crippen molar-refractivity contribution in [1.29, 1.82) is 0 Å². The first kappa shape index (κ1) is 8.93. The van der Waals surface area contributed by atoms with Crippen LogP contribution in [0.5, 0.6) is 0 Å². The van der Waals surface area contributed by atoms with Crippen LogP contribution in [0.2, 0.25) is 0 Å². The van der Waals surface area contributed by atoms with Gasteiger partial charge in [-0.1, -0.05) is 6.92 Å². The summed E-state index contributed by atoms with van der Waals surface area (Å²) in [4.78, 5) is 8.45. The zero-order valence-corrected chi connectivity index (χ0v) is 9.52. The van der Waals surface area contributed by atoms with Gasteiger partial charge in [0, 0.05) is 16.3 Å². The summed E-state index contributed by atoms with van der Waals surface area (Å²) >= 11 is 2.32. The van der Waals surface area contributed by atoms with E-state index in [2.05, 4.69) is 44.0 Å². The molecule has 0 saturated heterocycles. The van der Waals surface area contributed by atoms with Crippen molar-refractivity contribution >= 4 is 33.8 Å². The molecular weight excluding hydrogens is 277 g/mol. The van der Waals surface area contributed by atoms with E-state index in [1.807, 2.05) is 12.4 Å². The van der Waals surface area contributed by atoms with Crippen LogP contribution >= 0.6 is 22.6 Å². The molecule has 0 unspecified atom stereocenters. The molecule has 0 saturated carbocycles. The predicted molar refractivity (Wildman–Crippen MR) is 60.5 cm³/mol. The predicted octanol–water partition coefficient (Wildman–Crippen LogP) is 2.45. The molecule has 0 aromatic carbocycles. The lowest BCUT2D eigenvalue weighted by molar-refractivity contribution is 0.696. The van der Waals surface area contributed by atoms with Crippen LogP contribution in [0.4, 0.5) is 0 Å². The molecule has 0 aliphatic rings. The van der Waals surface area contributed by atoms with E-state index in [9.17, 15) is 0 Å². The highest BCUT2D eigenvalue weighted by Gasteiger charge is 2.05. The number of pyridine rings is 1. The maximum absolute atomic E-state index is 4.25. The maximum Gasteiger partial charge on any atom is 0.178 e. The third-order valence-corrected chi connectivity index (χ3v) is 2.80. The number of aromatic nitrogens is 3. The number of aryl methyl sites for hydroxylation is 1. The normalized spacial score (nSPS) is 10.9. The number of nitrogens with zero attached hydrogens (tertiary/aromatic N) is 3. The standard InChI is InChI=1S/C9H10IN3/c1-2-5-13-6-12-9-8(13)7(10)3-4-11-9/h3-4,6H,2,5H2,1H3. The molecular formula is C9H10IN3. The summed E-state index contributed by atoms with van der Waals surface area (Å²) in [6.45, 7) is 3.17. The molecule has 0 amide bonds. The number of imidazole rings is 1. The monoisotopic (exact) mass is 287 g/mol. The summed E-state index contributed by atoms with van der Waals surface area (Å²) in [6, 6.07) is 2.01. The molecule has 0 fully saturated rings. The molecule has 2 aromatic heterocycles. The summed E-state index contributed by atoms with van der Waals surface area (Å²) < 4.78 is 3.37. The largest absolute Gasteiger partial charge is 0.328 e. The number of rotatable bonds is 2. The van der Waals surface area contributed by atoms with Crippen LogP contribution in [-0.2, 0) is 6.54 Å². The molecule has 0 spiro atoms. The van der Waals surface area contributed by atoms with E-state index in [0.717, 1.165) is 24.1 Å². The topological polar surface area (TPSA) is 30.7 Å². The van der Waals surface area contributed by atoms with Crippen LogP contribution < -0.4 is 0 Å². The van der Waals surface area contributed by atoms with Gasteiger partial charge in [0.05, 0.1) is 6.33 Å². The minimum atomic E-state index is 0.848. The molecule has 0 N–H and O–H groups in total. The fraction of sp³-hybridized carbons (Fsp3) is 0.333. The number of fused-ring (bicyclic) bond motifs is 1. The van der Waals surface area contributed by atoms with Crippen LogP contribution in [0.3, 0.4) is 0 Å². The molecule has 0 bridgehead atoms.